The van der Waals surface area contributed by atoms with Gasteiger partial charge in [-0.25, -0.2) is 0 Å². The van der Waals surface area contributed by atoms with Gasteiger partial charge >= 0.3 is 5.97 Å². The molecule has 0 spiro atoms. The molecule has 0 saturated heterocycles. The number of carbonyl (C=O) groups is 2. The van der Waals surface area contributed by atoms with E-state index in [0.29, 0.717) is 17.7 Å². The van der Waals surface area contributed by atoms with E-state index in [-0.39, 0.29) is 12.5 Å². The van der Waals surface area contributed by atoms with Crippen LogP contribution in [0.4, 0.5) is 0 Å². The standard InChI is InChI=1S/C14H19NO3S/c1-3-10-7-11(19-9(10)2)12(16)15-8-14(13(17)18)5-4-6-14/h7H,3-6,8H2,1-2H3,(H,15,16)(H,17,18). The summed E-state index contributed by atoms with van der Waals surface area (Å²) in [5.74, 6) is -0.948. The van der Waals surface area contributed by atoms with Crippen LogP contribution in [0.3, 0.4) is 0 Å². The van der Waals surface area contributed by atoms with Gasteiger partial charge in [-0.1, -0.05) is 13.3 Å². The molecule has 1 aliphatic carbocycles. The van der Waals surface area contributed by atoms with E-state index in [1.165, 1.54) is 16.9 Å². The Morgan fingerprint density at radius 3 is 2.58 bits per heavy atom. The van der Waals surface area contributed by atoms with Crippen LogP contribution in [0.5, 0.6) is 0 Å². The summed E-state index contributed by atoms with van der Waals surface area (Å²) < 4.78 is 0. The Kier molecular flexibility index (Phi) is 3.94. The third-order valence-electron chi connectivity index (χ3n) is 3.98. The Morgan fingerprint density at radius 1 is 1.47 bits per heavy atom. The first-order valence-electron chi connectivity index (χ1n) is 6.59. The fourth-order valence-electron chi connectivity index (χ4n) is 2.39. The first kappa shape index (κ1) is 14.1. The number of aliphatic carboxylic acids is 1. The van der Waals surface area contributed by atoms with Crippen molar-refractivity contribution < 1.29 is 14.7 Å². The summed E-state index contributed by atoms with van der Waals surface area (Å²) in [7, 11) is 0. The van der Waals surface area contributed by atoms with E-state index in [0.717, 1.165) is 17.7 Å². The highest BCUT2D eigenvalue weighted by atomic mass is 32.1. The number of nitrogens with one attached hydrogen (secondary N) is 1. The van der Waals surface area contributed by atoms with Gasteiger partial charge in [-0.3, -0.25) is 9.59 Å². The minimum Gasteiger partial charge on any atom is -0.481 e. The van der Waals surface area contributed by atoms with Gasteiger partial charge in [0, 0.05) is 11.4 Å². The Morgan fingerprint density at radius 2 is 2.16 bits per heavy atom. The largest absolute Gasteiger partial charge is 0.481 e. The monoisotopic (exact) mass is 281 g/mol. The summed E-state index contributed by atoms with van der Waals surface area (Å²) in [5.41, 5.74) is 0.460. The molecule has 1 heterocycles. The zero-order valence-electron chi connectivity index (χ0n) is 11.3. The third kappa shape index (κ3) is 2.66. The molecular formula is C14H19NO3S. The lowest BCUT2D eigenvalue weighted by atomic mass is 9.69. The van der Waals surface area contributed by atoms with Crippen LogP contribution in [0.2, 0.25) is 0 Å². The van der Waals surface area contributed by atoms with Crippen molar-refractivity contribution >= 4 is 23.2 Å². The Hall–Kier alpha value is -1.36. The van der Waals surface area contributed by atoms with Crippen molar-refractivity contribution in [3.8, 4) is 0 Å². The molecule has 2 rings (SSSR count). The molecule has 0 atom stereocenters. The molecule has 1 amide bonds. The zero-order chi connectivity index (χ0) is 14.0. The van der Waals surface area contributed by atoms with E-state index in [1.54, 1.807) is 0 Å². The number of amides is 1. The van der Waals surface area contributed by atoms with Crippen LogP contribution < -0.4 is 5.32 Å². The maximum atomic E-state index is 12.0. The summed E-state index contributed by atoms with van der Waals surface area (Å²) in [4.78, 5) is 25.1. The van der Waals surface area contributed by atoms with Crippen molar-refractivity contribution in [1.82, 2.24) is 5.32 Å². The summed E-state index contributed by atoms with van der Waals surface area (Å²) >= 11 is 1.47. The number of thiophene rings is 1. The second-order valence-electron chi connectivity index (χ2n) is 5.17. The first-order chi connectivity index (χ1) is 8.98. The van der Waals surface area contributed by atoms with Crippen molar-refractivity contribution in [2.75, 3.05) is 6.54 Å². The highest BCUT2D eigenvalue weighted by Crippen LogP contribution is 2.40. The molecule has 19 heavy (non-hydrogen) atoms. The molecule has 2 N–H and O–H groups in total. The second kappa shape index (κ2) is 5.33. The second-order valence-corrected chi connectivity index (χ2v) is 6.42. The van der Waals surface area contributed by atoms with Gasteiger partial charge in [0.15, 0.2) is 0 Å². The summed E-state index contributed by atoms with van der Waals surface area (Å²) in [6.45, 7) is 4.30. The number of hydrogen-bond acceptors (Lipinski definition) is 3. The minimum absolute atomic E-state index is 0.152. The normalized spacial score (nSPS) is 16.7. The predicted molar refractivity (Wildman–Crippen MR) is 74.7 cm³/mol. The van der Waals surface area contributed by atoms with Crippen LogP contribution in [0, 0.1) is 12.3 Å². The molecule has 0 aromatic carbocycles. The average molecular weight is 281 g/mol. The van der Waals surface area contributed by atoms with Crippen LogP contribution in [-0.4, -0.2) is 23.5 Å². The molecular weight excluding hydrogens is 262 g/mol. The molecule has 1 fully saturated rings. The Labute approximate surface area is 116 Å². The molecule has 1 saturated carbocycles. The molecule has 0 unspecified atom stereocenters. The Balaban J connectivity index is 1.99. The van der Waals surface area contributed by atoms with Gasteiger partial charge < -0.3 is 10.4 Å². The number of carboxylic acids is 1. The molecule has 1 aliphatic rings. The molecule has 0 bridgehead atoms. The van der Waals surface area contributed by atoms with E-state index in [4.69, 9.17) is 0 Å². The number of hydrogen-bond donors (Lipinski definition) is 2. The fourth-order valence-corrected chi connectivity index (χ4v) is 3.42. The summed E-state index contributed by atoms with van der Waals surface area (Å²) in [5, 5.41) is 12.0. The van der Waals surface area contributed by atoms with Gasteiger partial charge in [0.2, 0.25) is 0 Å². The number of aryl methyl sites for hydroxylation is 2. The van der Waals surface area contributed by atoms with Crippen molar-refractivity contribution in [1.29, 1.82) is 0 Å². The van der Waals surface area contributed by atoms with E-state index in [9.17, 15) is 14.7 Å². The van der Waals surface area contributed by atoms with Crippen LogP contribution >= 0.6 is 11.3 Å². The van der Waals surface area contributed by atoms with Crippen molar-refractivity contribution in [3.63, 3.8) is 0 Å². The zero-order valence-corrected chi connectivity index (χ0v) is 12.1. The smallest absolute Gasteiger partial charge is 0.311 e. The van der Waals surface area contributed by atoms with Gasteiger partial charge in [0.25, 0.3) is 5.91 Å². The van der Waals surface area contributed by atoms with E-state index >= 15 is 0 Å². The lowest BCUT2D eigenvalue weighted by Gasteiger charge is -2.37. The number of carboxylic acid groups (broad SMARTS) is 1. The Bertz CT molecular complexity index is 503. The molecule has 0 radical (unpaired) electrons. The molecule has 4 nitrogen and oxygen atoms in total. The molecule has 1 aromatic heterocycles. The number of carbonyl (C=O) groups excluding carboxylic acids is 1. The van der Waals surface area contributed by atoms with Crippen LogP contribution in [0.15, 0.2) is 6.07 Å². The lowest BCUT2D eigenvalue weighted by Crippen LogP contribution is -2.47. The van der Waals surface area contributed by atoms with Crippen LogP contribution in [0.25, 0.3) is 0 Å². The highest BCUT2D eigenvalue weighted by Gasteiger charge is 2.44. The highest BCUT2D eigenvalue weighted by molar-refractivity contribution is 7.14. The van der Waals surface area contributed by atoms with Gasteiger partial charge in [-0.05, 0) is 37.8 Å². The predicted octanol–water partition coefficient (Wildman–Crippen LogP) is 2.60. The van der Waals surface area contributed by atoms with Gasteiger partial charge in [0.1, 0.15) is 0 Å². The average Bonchev–Trinajstić information content (AvgIpc) is 2.68. The van der Waals surface area contributed by atoms with Crippen molar-refractivity contribution in [2.45, 2.75) is 39.5 Å². The van der Waals surface area contributed by atoms with Crippen LogP contribution in [0.1, 0.15) is 46.3 Å². The first-order valence-corrected chi connectivity index (χ1v) is 7.41. The summed E-state index contributed by atoms with van der Waals surface area (Å²) in [6.07, 6.45) is 3.16. The number of rotatable bonds is 5. The summed E-state index contributed by atoms with van der Waals surface area (Å²) in [6, 6.07) is 1.91. The van der Waals surface area contributed by atoms with Crippen LogP contribution in [-0.2, 0) is 11.2 Å². The topological polar surface area (TPSA) is 66.4 Å². The molecule has 104 valence electrons. The van der Waals surface area contributed by atoms with E-state index in [2.05, 4.69) is 12.2 Å². The van der Waals surface area contributed by atoms with Gasteiger partial charge in [-0.2, -0.15) is 0 Å². The van der Waals surface area contributed by atoms with Gasteiger partial charge in [-0.15, -0.1) is 11.3 Å². The SMILES string of the molecule is CCc1cc(C(=O)NCC2(C(=O)O)CCC2)sc1C. The maximum Gasteiger partial charge on any atom is 0.311 e. The van der Waals surface area contributed by atoms with E-state index in [1.807, 2.05) is 13.0 Å². The maximum absolute atomic E-state index is 12.0. The molecule has 5 heteroatoms. The van der Waals surface area contributed by atoms with E-state index < -0.39 is 11.4 Å². The minimum atomic E-state index is -0.796. The molecule has 0 aliphatic heterocycles. The van der Waals surface area contributed by atoms with Crippen molar-refractivity contribution in [2.24, 2.45) is 5.41 Å². The quantitative estimate of drug-likeness (QED) is 0.872. The molecule has 1 aromatic rings. The van der Waals surface area contributed by atoms with Gasteiger partial charge in [0.05, 0.1) is 10.3 Å². The van der Waals surface area contributed by atoms with Crippen molar-refractivity contribution in [3.05, 3.63) is 21.4 Å². The lowest BCUT2D eigenvalue weighted by molar-refractivity contribution is -0.153. The fraction of sp³-hybridized carbons (Fsp3) is 0.571. The third-order valence-corrected chi connectivity index (χ3v) is 5.07.